The largest absolute Gasteiger partial charge is 0.494 e. The number of nitrogens with zero attached hydrogens (tertiary/aromatic N) is 1. The van der Waals surface area contributed by atoms with Crippen molar-refractivity contribution in [2.24, 2.45) is 5.10 Å². The summed E-state index contributed by atoms with van der Waals surface area (Å²) in [4.78, 5) is 12.4. The summed E-state index contributed by atoms with van der Waals surface area (Å²) in [6.07, 6.45) is 0.609. The van der Waals surface area contributed by atoms with Crippen LogP contribution in [-0.2, 0) is 4.79 Å². The van der Waals surface area contributed by atoms with Crippen molar-refractivity contribution in [1.29, 1.82) is 0 Å². The number of carbonyl (C=O) groups excluding carboxylic acids is 1. The van der Waals surface area contributed by atoms with Gasteiger partial charge in [-0.2, -0.15) is 5.10 Å². The number of rotatable bonds is 6. The molecule has 1 aliphatic rings. The van der Waals surface area contributed by atoms with Crippen LogP contribution in [-0.4, -0.2) is 24.3 Å². The molecule has 3 rings (SSSR count). The normalized spacial score (nSPS) is 19.5. The third kappa shape index (κ3) is 5.23. The lowest BCUT2D eigenvalue weighted by Gasteiger charge is -2.11. The molecule has 1 fully saturated rings. The summed E-state index contributed by atoms with van der Waals surface area (Å²) in [6.45, 7) is 4.36. The van der Waals surface area contributed by atoms with Crippen molar-refractivity contribution in [3.63, 3.8) is 0 Å². The summed E-state index contributed by atoms with van der Waals surface area (Å²) < 4.78 is 5.46. The van der Waals surface area contributed by atoms with Crippen LogP contribution in [0.15, 0.2) is 47.6 Å². The van der Waals surface area contributed by atoms with E-state index in [0.717, 1.165) is 16.9 Å². The van der Waals surface area contributed by atoms with E-state index in [0.29, 0.717) is 28.8 Å². The SMILES string of the molecule is CCOc1ccc(C2CC(C(=O)N/N=C(/C)c3cc(Cl)cc(Cl)c3)NN2)cc1. The second-order valence-electron chi connectivity index (χ2n) is 6.46. The Morgan fingerprint density at radius 1 is 1.18 bits per heavy atom. The summed E-state index contributed by atoms with van der Waals surface area (Å²) >= 11 is 12.0. The molecule has 2 aromatic rings. The Balaban J connectivity index is 1.58. The molecule has 28 heavy (non-hydrogen) atoms. The van der Waals surface area contributed by atoms with Gasteiger partial charge in [-0.15, -0.1) is 0 Å². The second kappa shape index (κ2) is 9.39. The molecule has 8 heteroatoms. The first-order valence-corrected chi connectivity index (χ1v) is 9.76. The van der Waals surface area contributed by atoms with Crippen molar-refractivity contribution in [3.05, 3.63) is 63.6 Å². The highest BCUT2D eigenvalue weighted by molar-refractivity contribution is 6.35. The fourth-order valence-corrected chi connectivity index (χ4v) is 3.48. The smallest absolute Gasteiger partial charge is 0.258 e. The molecule has 0 bridgehead atoms. The minimum atomic E-state index is -0.393. The van der Waals surface area contributed by atoms with E-state index >= 15 is 0 Å². The topological polar surface area (TPSA) is 74.8 Å². The first-order valence-electron chi connectivity index (χ1n) is 9.00. The molecule has 0 radical (unpaired) electrons. The van der Waals surface area contributed by atoms with Gasteiger partial charge in [-0.3, -0.25) is 4.79 Å². The Labute approximate surface area is 174 Å². The number of hydrogen-bond acceptors (Lipinski definition) is 5. The van der Waals surface area contributed by atoms with Gasteiger partial charge in [-0.05, 0) is 56.2 Å². The third-order valence-corrected chi connectivity index (χ3v) is 4.86. The molecule has 148 valence electrons. The number of hydrazine groups is 1. The zero-order chi connectivity index (χ0) is 20.1. The summed E-state index contributed by atoms with van der Waals surface area (Å²) in [6, 6.07) is 12.6. The first-order chi connectivity index (χ1) is 13.5. The number of ether oxygens (including phenoxy) is 1. The highest BCUT2D eigenvalue weighted by Crippen LogP contribution is 2.24. The van der Waals surface area contributed by atoms with Crippen LogP contribution in [0.5, 0.6) is 5.75 Å². The van der Waals surface area contributed by atoms with Gasteiger partial charge in [0.05, 0.1) is 12.3 Å². The summed E-state index contributed by atoms with van der Waals surface area (Å²) in [7, 11) is 0. The number of carbonyl (C=O) groups is 1. The van der Waals surface area contributed by atoms with Gasteiger partial charge in [-0.25, -0.2) is 16.3 Å². The van der Waals surface area contributed by atoms with Gasteiger partial charge in [0.15, 0.2) is 0 Å². The molecular formula is C20H22Cl2N4O2. The van der Waals surface area contributed by atoms with Gasteiger partial charge < -0.3 is 4.74 Å². The van der Waals surface area contributed by atoms with Crippen molar-refractivity contribution in [1.82, 2.24) is 16.3 Å². The Kier molecular flexibility index (Phi) is 6.91. The van der Waals surface area contributed by atoms with Crippen LogP contribution in [0.4, 0.5) is 0 Å². The van der Waals surface area contributed by atoms with Gasteiger partial charge in [0.25, 0.3) is 5.91 Å². The van der Waals surface area contributed by atoms with Gasteiger partial charge in [0.2, 0.25) is 0 Å². The molecule has 2 aromatic carbocycles. The van der Waals surface area contributed by atoms with Crippen LogP contribution < -0.4 is 21.0 Å². The lowest BCUT2D eigenvalue weighted by Crippen LogP contribution is -2.41. The van der Waals surface area contributed by atoms with E-state index in [-0.39, 0.29) is 11.9 Å². The van der Waals surface area contributed by atoms with Gasteiger partial charge in [-0.1, -0.05) is 35.3 Å². The Bertz CT molecular complexity index is 851. The minimum Gasteiger partial charge on any atom is -0.494 e. The maximum absolute atomic E-state index is 12.4. The van der Waals surface area contributed by atoms with Crippen LogP contribution in [0, 0.1) is 0 Å². The number of benzene rings is 2. The monoisotopic (exact) mass is 420 g/mol. The predicted octanol–water partition coefficient (Wildman–Crippen LogP) is 3.84. The van der Waals surface area contributed by atoms with Crippen LogP contribution in [0.1, 0.15) is 37.4 Å². The summed E-state index contributed by atoms with van der Waals surface area (Å²) in [5.74, 6) is 0.617. The zero-order valence-corrected chi connectivity index (χ0v) is 17.1. The quantitative estimate of drug-likeness (QED) is 0.490. The molecule has 0 saturated carbocycles. The van der Waals surface area contributed by atoms with E-state index in [1.54, 1.807) is 25.1 Å². The molecule has 0 aromatic heterocycles. The van der Waals surface area contributed by atoms with Crippen LogP contribution in [0.2, 0.25) is 10.0 Å². The van der Waals surface area contributed by atoms with Crippen LogP contribution in [0.3, 0.4) is 0 Å². The highest BCUT2D eigenvalue weighted by atomic mass is 35.5. The summed E-state index contributed by atoms with van der Waals surface area (Å²) in [5, 5.41) is 5.20. The average molecular weight is 421 g/mol. The maximum Gasteiger partial charge on any atom is 0.258 e. The molecule has 1 saturated heterocycles. The van der Waals surface area contributed by atoms with Crippen molar-refractivity contribution in [2.45, 2.75) is 32.4 Å². The Morgan fingerprint density at radius 3 is 2.50 bits per heavy atom. The number of halogens is 2. The molecule has 1 heterocycles. The van der Waals surface area contributed by atoms with Crippen molar-refractivity contribution in [2.75, 3.05) is 6.61 Å². The van der Waals surface area contributed by atoms with E-state index in [4.69, 9.17) is 27.9 Å². The fraction of sp³-hybridized carbons (Fsp3) is 0.300. The predicted molar refractivity (Wildman–Crippen MR) is 112 cm³/mol. The van der Waals surface area contributed by atoms with Crippen molar-refractivity contribution >= 4 is 34.8 Å². The maximum atomic E-state index is 12.4. The van der Waals surface area contributed by atoms with Gasteiger partial charge >= 0.3 is 0 Å². The molecule has 1 amide bonds. The van der Waals surface area contributed by atoms with Gasteiger partial charge in [0, 0.05) is 21.7 Å². The van der Waals surface area contributed by atoms with E-state index in [2.05, 4.69) is 21.4 Å². The number of hydrogen-bond donors (Lipinski definition) is 3. The molecule has 6 nitrogen and oxygen atoms in total. The Hall–Kier alpha value is -2.12. The number of hydrazone groups is 1. The van der Waals surface area contributed by atoms with Crippen LogP contribution in [0.25, 0.3) is 0 Å². The third-order valence-electron chi connectivity index (χ3n) is 4.43. The van der Waals surface area contributed by atoms with Crippen LogP contribution >= 0.6 is 23.2 Å². The molecule has 1 aliphatic heterocycles. The fourth-order valence-electron chi connectivity index (χ4n) is 2.95. The lowest BCUT2D eigenvalue weighted by atomic mass is 10.0. The number of nitrogens with one attached hydrogen (secondary N) is 3. The first kappa shape index (κ1) is 20.6. The zero-order valence-electron chi connectivity index (χ0n) is 15.6. The molecule has 0 aliphatic carbocycles. The average Bonchev–Trinajstić information content (AvgIpc) is 3.16. The van der Waals surface area contributed by atoms with E-state index in [1.807, 2.05) is 31.2 Å². The standard InChI is InChI=1S/C20H22Cl2N4O2/c1-3-28-17-6-4-13(5-7-17)18-11-19(25-24-18)20(27)26-23-12(2)14-8-15(21)10-16(22)9-14/h4-10,18-19,24-25H,3,11H2,1-2H3,(H,26,27)/b23-12-. The molecule has 2 unspecified atom stereocenters. The second-order valence-corrected chi connectivity index (χ2v) is 7.34. The van der Waals surface area contributed by atoms with E-state index in [1.165, 1.54) is 0 Å². The Morgan fingerprint density at radius 2 is 1.86 bits per heavy atom. The highest BCUT2D eigenvalue weighted by Gasteiger charge is 2.30. The van der Waals surface area contributed by atoms with E-state index < -0.39 is 6.04 Å². The van der Waals surface area contributed by atoms with E-state index in [9.17, 15) is 4.79 Å². The molecule has 3 N–H and O–H groups in total. The molecule has 2 atom stereocenters. The number of amides is 1. The van der Waals surface area contributed by atoms with Gasteiger partial charge in [0.1, 0.15) is 11.8 Å². The summed E-state index contributed by atoms with van der Waals surface area (Å²) in [5.41, 5.74) is 11.2. The lowest BCUT2D eigenvalue weighted by molar-refractivity contribution is -0.122. The molecule has 0 spiro atoms. The van der Waals surface area contributed by atoms with Crippen molar-refractivity contribution < 1.29 is 9.53 Å². The molecular weight excluding hydrogens is 399 g/mol. The van der Waals surface area contributed by atoms with Crippen molar-refractivity contribution in [3.8, 4) is 5.75 Å². The minimum absolute atomic E-state index is 0.0308.